The van der Waals surface area contributed by atoms with E-state index in [9.17, 15) is 5.11 Å². The Labute approximate surface area is 100 Å². The van der Waals surface area contributed by atoms with Crippen LogP contribution in [0.4, 0.5) is 0 Å². The third-order valence-corrected chi connectivity index (χ3v) is 3.66. The second kappa shape index (κ2) is 4.13. The summed E-state index contributed by atoms with van der Waals surface area (Å²) in [5, 5.41) is 9.23. The van der Waals surface area contributed by atoms with E-state index in [2.05, 4.69) is 9.38 Å². The van der Waals surface area contributed by atoms with Crippen LogP contribution in [0.3, 0.4) is 0 Å². The summed E-state index contributed by atoms with van der Waals surface area (Å²) >= 11 is 0. The van der Waals surface area contributed by atoms with Crippen molar-refractivity contribution >= 4 is 5.52 Å². The highest BCUT2D eigenvalue weighted by Crippen LogP contribution is 2.36. The highest BCUT2D eigenvalue weighted by Gasteiger charge is 2.25. The first kappa shape index (κ1) is 10.7. The van der Waals surface area contributed by atoms with Crippen LogP contribution >= 0.6 is 0 Å². The molecule has 0 aliphatic heterocycles. The highest BCUT2D eigenvalue weighted by molar-refractivity contribution is 5.48. The standard InChI is InChI=1S/C13H17N3O/c14-11(8-17)12-6-2-5-10-7-15-13(16(10)12)9-3-1-4-9/h2,5-7,9,11,17H,1,3-4,8,14H2. The van der Waals surface area contributed by atoms with Gasteiger partial charge in [-0.25, -0.2) is 4.98 Å². The van der Waals surface area contributed by atoms with Crippen LogP contribution in [0.1, 0.15) is 42.7 Å². The number of aliphatic hydroxyl groups is 1. The first-order valence-electron chi connectivity index (χ1n) is 6.14. The van der Waals surface area contributed by atoms with E-state index in [0.717, 1.165) is 17.0 Å². The zero-order valence-electron chi connectivity index (χ0n) is 9.71. The molecule has 0 amide bonds. The molecule has 1 fully saturated rings. The van der Waals surface area contributed by atoms with Crippen LogP contribution < -0.4 is 5.73 Å². The Morgan fingerprint density at radius 2 is 2.29 bits per heavy atom. The first-order valence-corrected chi connectivity index (χ1v) is 6.14. The van der Waals surface area contributed by atoms with E-state index in [1.54, 1.807) is 0 Å². The Kier molecular flexibility index (Phi) is 2.61. The van der Waals surface area contributed by atoms with Crippen molar-refractivity contribution in [2.24, 2.45) is 5.73 Å². The van der Waals surface area contributed by atoms with Crippen molar-refractivity contribution in [1.82, 2.24) is 9.38 Å². The van der Waals surface area contributed by atoms with E-state index in [1.165, 1.54) is 19.3 Å². The maximum atomic E-state index is 9.23. The van der Waals surface area contributed by atoms with Gasteiger partial charge < -0.3 is 10.8 Å². The van der Waals surface area contributed by atoms with Crippen molar-refractivity contribution in [3.05, 3.63) is 35.9 Å². The highest BCUT2D eigenvalue weighted by atomic mass is 16.3. The van der Waals surface area contributed by atoms with Crippen LogP contribution in [0.15, 0.2) is 24.4 Å². The van der Waals surface area contributed by atoms with Crippen molar-refractivity contribution < 1.29 is 5.11 Å². The van der Waals surface area contributed by atoms with Gasteiger partial charge in [0.15, 0.2) is 0 Å². The normalized spacial score (nSPS) is 18.2. The summed E-state index contributed by atoms with van der Waals surface area (Å²) in [6.07, 6.45) is 5.60. The molecule has 0 aromatic carbocycles. The van der Waals surface area contributed by atoms with E-state index in [1.807, 2.05) is 24.4 Å². The van der Waals surface area contributed by atoms with Crippen LogP contribution in [0.2, 0.25) is 0 Å². The average Bonchev–Trinajstić information content (AvgIpc) is 2.70. The molecule has 1 atom stereocenters. The van der Waals surface area contributed by atoms with E-state index < -0.39 is 0 Å². The molecule has 3 rings (SSSR count). The summed E-state index contributed by atoms with van der Waals surface area (Å²) in [6.45, 7) is -0.0403. The number of nitrogens with zero attached hydrogens (tertiary/aromatic N) is 2. The van der Waals surface area contributed by atoms with Gasteiger partial charge in [0.1, 0.15) is 5.82 Å². The number of aliphatic hydroxyl groups excluding tert-OH is 1. The number of rotatable bonds is 3. The molecule has 3 N–H and O–H groups in total. The predicted octanol–water partition coefficient (Wildman–Crippen LogP) is 1.59. The molecule has 2 aromatic heterocycles. The third-order valence-electron chi connectivity index (χ3n) is 3.66. The van der Waals surface area contributed by atoms with Crippen molar-refractivity contribution in [3.8, 4) is 0 Å². The van der Waals surface area contributed by atoms with E-state index >= 15 is 0 Å². The fourth-order valence-corrected chi connectivity index (χ4v) is 2.44. The summed E-state index contributed by atoms with van der Waals surface area (Å²) in [6, 6.07) is 5.62. The fraction of sp³-hybridized carbons (Fsp3) is 0.462. The molecule has 1 aliphatic rings. The number of hydrogen-bond acceptors (Lipinski definition) is 3. The molecule has 4 nitrogen and oxygen atoms in total. The molecule has 0 spiro atoms. The van der Waals surface area contributed by atoms with E-state index in [0.29, 0.717) is 5.92 Å². The Bertz CT molecular complexity index is 530. The van der Waals surface area contributed by atoms with E-state index in [-0.39, 0.29) is 12.6 Å². The molecule has 90 valence electrons. The van der Waals surface area contributed by atoms with Crippen molar-refractivity contribution in [2.45, 2.75) is 31.2 Å². The van der Waals surface area contributed by atoms with Crippen LogP contribution in [-0.2, 0) is 0 Å². The van der Waals surface area contributed by atoms with Gasteiger partial charge in [0, 0.05) is 11.6 Å². The van der Waals surface area contributed by atoms with Gasteiger partial charge in [-0.15, -0.1) is 0 Å². The predicted molar refractivity (Wildman–Crippen MR) is 65.8 cm³/mol. The van der Waals surface area contributed by atoms with E-state index in [4.69, 9.17) is 5.73 Å². The van der Waals surface area contributed by atoms with Gasteiger partial charge in [-0.1, -0.05) is 12.5 Å². The molecule has 4 heteroatoms. The number of aromatic nitrogens is 2. The summed E-state index contributed by atoms with van der Waals surface area (Å²) < 4.78 is 2.12. The molecule has 0 bridgehead atoms. The van der Waals surface area contributed by atoms with Gasteiger partial charge in [-0.3, -0.25) is 4.40 Å². The lowest BCUT2D eigenvalue weighted by Gasteiger charge is -2.25. The zero-order chi connectivity index (χ0) is 11.8. The lowest BCUT2D eigenvalue weighted by Crippen LogP contribution is -2.20. The van der Waals surface area contributed by atoms with Gasteiger partial charge in [-0.05, 0) is 25.0 Å². The van der Waals surface area contributed by atoms with Gasteiger partial charge in [-0.2, -0.15) is 0 Å². The maximum Gasteiger partial charge on any atom is 0.116 e. The van der Waals surface area contributed by atoms with Crippen LogP contribution in [0, 0.1) is 0 Å². The van der Waals surface area contributed by atoms with Crippen molar-refractivity contribution in [2.75, 3.05) is 6.61 Å². The van der Waals surface area contributed by atoms with Gasteiger partial charge in [0.05, 0.1) is 24.4 Å². The lowest BCUT2D eigenvalue weighted by molar-refractivity contribution is 0.264. The Morgan fingerprint density at radius 1 is 1.47 bits per heavy atom. The SMILES string of the molecule is NC(CO)c1cccc2cnc(C3CCC3)n12. The van der Waals surface area contributed by atoms with Crippen LogP contribution in [-0.4, -0.2) is 21.1 Å². The molecular formula is C13H17N3O. The fourth-order valence-electron chi connectivity index (χ4n) is 2.44. The number of hydrogen-bond donors (Lipinski definition) is 2. The maximum absolute atomic E-state index is 9.23. The molecule has 1 aliphatic carbocycles. The zero-order valence-corrected chi connectivity index (χ0v) is 9.71. The second-order valence-electron chi connectivity index (χ2n) is 4.74. The number of imidazole rings is 1. The van der Waals surface area contributed by atoms with Crippen LogP contribution in [0.25, 0.3) is 5.52 Å². The summed E-state index contributed by atoms with van der Waals surface area (Å²) in [5.41, 5.74) is 7.96. The number of fused-ring (bicyclic) bond motifs is 1. The quantitative estimate of drug-likeness (QED) is 0.843. The molecular weight excluding hydrogens is 214 g/mol. The topological polar surface area (TPSA) is 63.5 Å². The summed E-state index contributed by atoms with van der Waals surface area (Å²) in [4.78, 5) is 4.52. The summed E-state index contributed by atoms with van der Waals surface area (Å²) in [7, 11) is 0. The lowest BCUT2D eigenvalue weighted by atomic mass is 9.85. The molecule has 1 saturated carbocycles. The molecule has 0 saturated heterocycles. The first-order chi connectivity index (χ1) is 8.31. The minimum atomic E-state index is -0.341. The van der Waals surface area contributed by atoms with Gasteiger partial charge >= 0.3 is 0 Å². The van der Waals surface area contributed by atoms with Gasteiger partial charge in [0.25, 0.3) is 0 Å². The third kappa shape index (κ3) is 1.64. The minimum absolute atomic E-state index is 0.0403. The molecule has 0 radical (unpaired) electrons. The molecule has 2 aromatic rings. The Morgan fingerprint density at radius 3 is 2.94 bits per heavy atom. The monoisotopic (exact) mass is 231 g/mol. The average molecular weight is 231 g/mol. The van der Waals surface area contributed by atoms with Crippen molar-refractivity contribution in [1.29, 1.82) is 0 Å². The molecule has 2 heterocycles. The largest absolute Gasteiger partial charge is 0.394 e. The minimum Gasteiger partial charge on any atom is -0.394 e. The summed E-state index contributed by atoms with van der Waals surface area (Å²) in [5.74, 6) is 1.66. The molecule has 1 unspecified atom stereocenters. The van der Waals surface area contributed by atoms with Crippen LogP contribution in [0.5, 0.6) is 0 Å². The molecule has 17 heavy (non-hydrogen) atoms. The van der Waals surface area contributed by atoms with Gasteiger partial charge in [0.2, 0.25) is 0 Å². The Hall–Kier alpha value is -1.39. The number of pyridine rings is 1. The van der Waals surface area contributed by atoms with Crippen molar-refractivity contribution in [3.63, 3.8) is 0 Å². The smallest absolute Gasteiger partial charge is 0.116 e. The Balaban J connectivity index is 2.16. The second-order valence-corrected chi connectivity index (χ2v) is 4.74. The number of nitrogens with two attached hydrogens (primary N) is 1.